The molecule has 1 aliphatic rings. The fourth-order valence-electron chi connectivity index (χ4n) is 3.77. The quantitative estimate of drug-likeness (QED) is 0.170. The van der Waals surface area contributed by atoms with Crippen LogP contribution in [-0.4, -0.2) is 35.9 Å². The van der Waals surface area contributed by atoms with Gasteiger partial charge in [-0.25, -0.2) is 18.4 Å². The predicted molar refractivity (Wildman–Crippen MR) is 123 cm³/mol. The Labute approximate surface area is 200 Å². The van der Waals surface area contributed by atoms with Gasteiger partial charge in [-0.15, -0.1) is 0 Å². The van der Waals surface area contributed by atoms with Crippen LogP contribution < -0.4 is 10.1 Å². The summed E-state index contributed by atoms with van der Waals surface area (Å²) in [6.45, 7) is 0.868. The van der Waals surface area contributed by atoms with E-state index in [1.165, 1.54) is 0 Å². The minimum Gasteiger partial charge on any atom is -0.489 e. The normalized spacial score (nSPS) is 15.3. The highest BCUT2D eigenvalue weighted by molar-refractivity contribution is 5.98. The number of esters is 2. The Morgan fingerprint density at radius 3 is 2.57 bits per heavy atom. The molecule has 1 fully saturated rings. The molecule has 1 saturated heterocycles. The number of carbonyl (C=O) groups is 2. The molecule has 0 saturated carbocycles. The first-order valence-electron chi connectivity index (χ1n) is 10.9. The Balaban J connectivity index is 1.40. The highest BCUT2D eigenvalue weighted by Crippen LogP contribution is 2.27. The van der Waals surface area contributed by atoms with E-state index in [-0.39, 0.29) is 17.7 Å². The van der Waals surface area contributed by atoms with Crippen LogP contribution >= 0.6 is 0 Å². The molecule has 35 heavy (non-hydrogen) atoms. The zero-order valence-corrected chi connectivity index (χ0v) is 18.5. The summed E-state index contributed by atoms with van der Waals surface area (Å²) < 4.78 is 38.0. The second-order valence-corrected chi connectivity index (χ2v) is 7.97. The number of rotatable bonds is 7. The summed E-state index contributed by atoms with van der Waals surface area (Å²) in [5, 5.41) is 14.7. The molecule has 1 heterocycles. The van der Waals surface area contributed by atoms with Gasteiger partial charge >= 0.3 is 11.9 Å². The van der Waals surface area contributed by atoms with Crippen molar-refractivity contribution in [2.75, 3.05) is 6.54 Å². The van der Waals surface area contributed by atoms with Crippen LogP contribution in [0.1, 0.15) is 34.3 Å². The first-order chi connectivity index (χ1) is 16.9. The summed E-state index contributed by atoms with van der Waals surface area (Å²) in [5.74, 6) is -2.86. The van der Waals surface area contributed by atoms with E-state index in [0.717, 1.165) is 31.3 Å². The third-order valence-corrected chi connectivity index (χ3v) is 5.56. The summed E-state index contributed by atoms with van der Waals surface area (Å²) in [7, 11) is 0. The van der Waals surface area contributed by atoms with Crippen molar-refractivity contribution in [1.29, 1.82) is 0 Å². The molecule has 9 heteroatoms. The maximum Gasteiger partial charge on any atom is 0.345 e. The number of carbonyl (C=O) groups excluding carboxylic acids is 2. The second-order valence-electron chi connectivity index (χ2n) is 7.97. The van der Waals surface area contributed by atoms with Crippen molar-refractivity contribution in [2.45, 2.75) is 25.5 Å². The number of halogens is 2. The smallest absolute Gasteiger partial charge is 0.345 e. The maximum absolute atomic E-state index is 13.7. The standard InChI is InChI=1S/C26H22F2N2O5/c27-22-12-19(14-30-33)21(13-23(22)28)17-6-8-20(9-7-17)34-15-16-3-1-4-18(11-16)25(31)35-26(32)24-5-2-10-29-24/h1,3-4,6-9,11-14,24,29,33H,2,5,10,15H2/t24-/m0/s1. The molecule has 0 spiro atoms. The number of ether oxygens (including phenoxy) is 2. The highest BCUT2D eigenvalue weighted by Gasteiger charge is 2.26. The summed E-state index contributed by atoms with van der Waals surface area (Å²) in [5.41, 5.74) is 2.06. The van der Waals surface area contributed by atoms with Gasteiger partial charge in [-0.1, -0.05) is 29.4 Å². The zero-order valence-electron chi connectivity index (χ0n) is 18.5. The molecule has 3 aromatic carbocycles. The SMILES string of the molecule is O=C(OC(=O)[C@@H]1CCCN1)c1cccc(COc2ccc(-c3cc(F)c(F)cc3C=NO)cc2)c1. The number of nitrogens with zero attached hydrogens (tertiary/aromatic N) is 1. The fourth-order valence-corrected chi connectivity index (χ4v) is 3.77. The van der Waals surface area contributed by atoms with Gasteiger partial charge in [-0.05, 0) is 72.5 Å². The topological polar surface area (TPSA) is 97.2 Å². The minimum atomic E-state index is -1.05. The van der Waals surface area contributed by atoms with Gasteiger partial charge in [0.15, 0.2) is 11.6 Å². The molecule has 2 N–H and O–H groups in total. The molecule has 180 valence electrons. The molecule has 0 amide bonds. The van der Waals surface area contributed by atoms with Crippen LogP contribution in [0.4, 0.5) is 8.78 Å². The van der Waals surface area contributed by atoms with Gasteiger partial charge in [0, 0.05) is 5.56 Å². The second kappa shape index (κ2) is 10.9. The van der Waals surface area contributed by atoms with Gasteiger partial charge in [0.25, 0.3) is 0 Å². The number of hydrogen-bond donors (Lipinski definition) is 2. The lowest BCUT2D eigenvalue weighted by atomic mass is 9.99. The van der Waals surface area contributed by atoms with E-state index in [9.17, 15) is 18.4 Å². The lowest BCUT2D eigenvalue weighted by Crippen LogP contribution is -2.33. The average Bonchev–Trinajstić information content (AvgIpc) is 3.41. The number of oxime groups is 1. The van der Waals surface area contributed by atoms with Crippen molar-refractivity contribution in [3.8, 4) is 16.9 Å². The fraction of sp³-hybridized carbons (Fsp3) is 0.192. The molecule has 7 nitrogen and oxygen atoms in total. The van der Waals surface area contributed by atoms with E-state index < -0.39 is 29.6 Å². The van der Waals surface area contributed by atoms with Crippen LogP contribution in [0.15, 0.2) is 65.8 Å². The van der Waals surface area contributed by atoms with E-state index in [4.69, 9.17) is 14.7 Å². The van der Waals surface area contributed by atoms with E-state index in [0.29, 0.717) is 28.9 Å². The van der Waals surface area contributed by atoms with E-state index in [1.54, 1.807) is 48.5 Å². The van der Waals surface area contributed by atoms with Gasteiger partial charge in [-0.2, -0.15) is 0 Å². The van der Waals surface area contributed by atoms with Gasteiger partial charge < -0.3 is 20.0 Å². The molecule has 3 aromatic rings. The minimum absolute atomic E-state index is 0.145. The number of hydrogen-bond acceptors (Lipinski definition) is 7. The first kappa shape index (κ1) is 24.0. The Bertz CT molecular complexity index is 1260. The lowest BCUT2D eigenvalue weighted by molar-refractivity contribution is -0.139. The monoisotopic (exact) mass is 480 g/mol. The predicted octanol–water partition coefficient (Wildman–Crippen LogP) is 4.45. The summed E-state index contributed by atoms with van der Waals surface area (Å²) in [6.07, 6.45) is 2.53. The Hall–Kier alpha value is -4.11. The Morgan fingerprint density at radius 2 is 1.86 bits per heavy atom. The largest absolute Gasteiger partial charge is 0.489 e. The molecular weight excluding hydrogens is 458 g/mol. The molecule has 0 aliphatic carbocycles. The molecule has 1 aliphatic heterocycles. The van der Waals surface area contributed by atoms with Gasteiger partial charge in [-0.3, -0.25) is 0 Å². The van der Waals surface area contributed by atoms with E-state index >= 15 is 0 Å². The van der Waals surface area contributed by atoms with Crippen molar-refractivity contribution >= 4 is 18.2 Å². The molecule has 1 atom stereocenters. The van der Waals surface area contributed by atoms with Gasteiger partial charge in [0.2, 0.25) is 0 Å². The third kappa shape index (κ3) is 5.88. The zero-order chi connectivity index (χ0) is 24.8. The maximum atomic E-state index is 13.7. The van der Waals surface area contributed by atoms with Crippen LogP contribution in [0.2, 0.25) is 0 Å². The molecule has 4 rings (SSSR count). The molecule has 0 unspecified atom stereocenters. The Kier molecular flexibility index (Phi) is 7.47. The lowest BCUT2D eigenvalue weighted by Gasteiger charge is -2.11. The van der Waals surface area contributed by atoms with Crippen LogP contribution in [0.25, 0.3) is 11.1 Å². The van der Waals surface area contributed by atoms with Crippen molar-refractivity contribution in [3.63, 3.8) is 0 Å². The highest BCUT2D eigenvalue weighted by atomic mass is 19.2. The third-order valence-electron chi connectivity index (χ3n) is 5.56. The van der Waals surface area contributed by atoms with Crippen LogP contribution in [0.5, 0.6) is 5.75 Å². The number of benzene rings is 3. The van der Waals surface area contributed by atoms with Crippen LogP contribution in [0.3, 0.4) is 0 Å². The average molecular weight is 480 g/mol. The molecular formula is C26H22F2N2O5. The first-order valence-corrected chi connectivity index (χ1v) is 10.9. The summed E-state index contributed by atoms with van der Waals surface area (Å²) >= 11 is 0. The van der Waals surface area contributed by atoms with E-state index in [2.05, 4.69) is 10.5 Å². The Morgan fingerprint density at radius 1 is 1.09 bits per heavy atom. The van der Waals surface area contributed by atoms with Crippen molar-refractivity contribution in [3.05, 3.63) is 89.0 Å². The number of nitrogens with one attached hydrogen (secondary N) is 1. The van der Waals surface area contributed by atoms with Crippen LogP contribution in [-0.2, 0) is 16.1 Å². The van der Waals surface area contributed by atoms with Crippen LogP contribution in [0, 0.1) is 11.6 Å². The van der Waals surface area contributed by atoms with Gasteiger partial charge in [0.05, 0.1) is 11.8 Å². The summed E-state index contributed by atoms with van der Waals surface area (Å²) in [6, 6.07) is 14.7. The van der Waals surface area contributed by atoms with Gasteiger partial charge in [0.1, 0.15) is 18.4 Å². The molecule has 0 bridgehead atoms. The van der Waals surface area contributed by atoms with E-state index in [1.807, 2.05) is 0 Å². The van der Waals surface area contributed by atoms with Crippen molar-refractivity contribution < 1.29 is 33.1 Å². The molecule has 0 radical (unpaired) electrons. The molecule has 0 aromatic heterocycles. The van der Waals surface area contributed by atoms with Crippen molar-refractivity contribution in [2.24, 2.45) is 5.16 Å². The summed E-state index contributed by atoms with van der Waals surface area (Å²) in [4.78, 5) is 24.4. The van der Waals surface area contributed by atoms with Crippen molar-refractivity contribution in [1.82, 2.24) is 5.32 Å².